The average molecular weight is 548 g/mol. The normalized spacial score (nSPS) is 22.7. The molecule has 1 aromatic rings. The van der Waals surface area contributed by atoms with Crippen LogP contribution in [0.3, 0.4) is 0 Å². The van der Waals surface area contributed by atoms with E-state index in [1.54, 1.807) is 12.1 Å². The van der Waals surface area contributed by atoms with Crippen LogP contribution in [0.1, 0.15) is 103 Å². The molecule has 1 saturated carbocycles. The second-order valence-corrected chi connectivity index (χ2v) is 12.8. The predicted octanol–water partition coefficient (Wildman–Crippen LogP) is 7.13. The van der Waals surface area contributed by atoms with Gasteiger partial charge in [-0.1, -0.05) is 51.0 Å². The van der Waals surface area contributed by atoms with Gasteiger partial charge in [-0.25, -0.2) is 4.79 Å². The van der Waals surface area contributed by atoms with Crippen LogP contribution in [0, 0.1) is 11.8 Å². The number of carbonyl (C=O) groups is 1. The number of phenolic OH excluding ortho intramolecular Hbond substituents is 1. The lowest BCUT2D eigenvalue weighted by Crippen LogP contribution is -2.42. The minimum atomic E-state index is -4.74. The third-order valence-corrected chi connectivity index (χ3v) is 8.72. The first kappa shape index (κ1) is 30.6. The molecule has 38 heavy (non-hydrogen) atoms. The van der Waals surface area contributed by atoms with E-state index in [0.717, 1.165) is 30.4 Å². The molecule has 0 aromatic heterocycles. The summed E-state index contributed by atoms with van der Waals surface area (Å²) >= 11 is 0. The van der Waals surface area contributed by atoms with E-state index in [4.69, 9.17) is 13.8 Å². The number of phenols is 1. The van der Waals surface area contributed by atoms with Gasteiger partial charge < -0.3 is 19.3 Å². The van der Waals surface area contributed by atoms with Crippen LogP contribution in [0.4, 0.5) is 0 Å². The molecule has 1 unspecified atom stereocenters. The first-order chi connectivity index (χ1) is 17.9. The summed E-state index contributed by atoms with van der Waals surface area (Å²) in [6.45, 7) is 14.2. The Hall–Kier alpha value is -1.92. The number of carbonyl (C=O) groups excluding carboxylic acids is 1. The van der Waals surface area contributed by atoms with Gasteiger partial charge in [0.15, 0.2) is 5.60 Å². The Labute approximate surface area is 227 Å². The van der Waals surface area contributed by atoms with Gasteiger partial charge in [0.1, 0.15) is 11.5 Å². The minimum Gasteiger partial charge on any atom is -0.756 e. The molecule has 8 heteroatoms. The second-order valence-electron chi connectivity index (χ2n) is 11.5. The fourth-order valence-corrected chi connectivity index (χ4v) is 6.61. The first-order valence-corrected chi connectivity index (χ1v) is 15.4. The lowest BCUT2D eigenvalue weighted by molar-refractivity contribution is -0.238. The number of hydrogen-bond donors (Lipinski definition) is 1. The number of phosphoric acid groups is 1. The van der Waals surface area contributed by atoms with E-state index in [0.29, 0.717) is 31.2 Å². The van der Waals surface area contributed by atoms with Gasteiger partial charge in [0.05, 0.1) is 6.61 Å². The van der Waals surface area contributed by atoms with Crippen LogP contribution in [0.5, 0.6) is 11.5 Å². The minimum absolute atomic E-state index is 0.00366. The van der Waals surface area contributed by atoms with Gasteiger partial charge in [0.2, 0.25) is 0 Å². The van der Waals surface area contributed by atoms with E-state index < -0.39 is 19.4 Å². The first-order valence-electron chi connectivity index (χ1n) is 13.9. The summed E-state index contributed by atoms with van der Waals surface area (Å²) in [7, 11) is -4.74. The molecule has 1 aromatic carbocycles. The summed E-state index contributed by atoms with van der Waals surface area (Å²) in [4.78, 5) is 26.4. The summed E-state index contributed by atoms with van der Waals surface area (Å²) in [6.07, 6.45) is 7.75. The number of ether oxygens (including phenoxy) is 1. The number of aromatic hydroxyl groups is 1. The quantitative estimate of drug-likeness (QED) is 0.128. The smallest absolute Gasteiger partial charge is 0.344 e. The summed E-state index contributed by atoms with van der Waals surface area (Å²) in [5.41, 5.74) is 1.91. The Morgan fingerprint density at radius 1 is 1.29 bits per heavy atom. The molecule has 3 rings (SSSR count). The SMILES string of the molecule is C=C(C)[C@@H]1CCC(C)=C[C@H]1c1c(O)cc(CCC)cc1OC(=O)C1(OP(=O)([O-])OCCC(C)C)CCCC1. The molecule has 1 fully saturated rings. The topological polar surface area (TPSA) is 105 Å². The molecule has 7 nitrogen and oxygen atoms in total. The third kappa shape index (κ3) is 7.59. The number of phosphoric ester groups is 1. The van der Waals surface area contributed by atoms with E-state index >= 15 is 0 Å². The number of hydrogen-bond acceptors (Lipinski definition) is 7. The molecule has 0 aliphatic heterocycles. The number of aryl methyl sites for hydroxylation is 1. The Morgan fingerprint density at radius 3 is 2.58 bits per heavy atom. The van der Waals surface area contributed by atoms with E-state index in [-0.39, 0.29) is 48.7 Å². The van der Waals surface area contributed by atoms with Crippen molar-refractivity contribution in [1.82, 2.24) is 0 Å². The van der Waals surface area contributed by atoms with Crippen molar-refractivity contribution in [2.75, 3.05) is 6.61 Å². The number of rotatable bonds is 12. The Balaban J connectivity index is 1.98. The van der Waals surface area contributed by atoms with Gasteiger partial charge in [-0.3, -0.25) is 9.09 Å². The van der Waals surface area contributed by atoms with Crippen molar-refractivity contribution in [3.05, 3.63) is 47.1 Å². The molecule has 212 valence electrons. The second kappa shape index (κ2) is 13.0. The van der Waals surface area contributed by atoms with E-state index in [9.17, 15) is 19.4 Å². The fraction of sp³-hybridized carbons (Fsp3) is 0.633. The van der Waals surface area contributed by atoms with Gasteiger partial charge in [0, 0.05) is 11.5 Å². The summed E-state index contributed by atoms with van der Waals surface area (Å²) < 4.78 is 29.3. The molecule has 3 atom stereocenters. The molecule has 0 heterocycles. The highest BCUT2D eigenvalue weighted by atomic mass is 31.2. The van der Waals surface area contributed by atoms with Crippen LogP contribution >= 0.6 is 7.82 Å². The van der Waals surface area contributed by atoms with Crippen molar-refractivity contribution in [3.63, 3.8) is 0 Å². The zero-order chi connectivity index (χ0) is 28.1. The molecule has 0 saturated heterocycles. The van der Waals surface area contributed by atoms with Gasteiger partial charge in [0.25, 0.3) is 7.82 Å². The largest absolute Gasteiger partial charge is 0.756 e. The van der Waals surface area contributed by atoms with Crippen LogP contribution in [0.15, 0.2) is 35.9 Å². The molecule has 2 aliphatic rings. The van der Waals surface area contributed by atoms with Crippen molar-refractivity contribution in [2.24, 2.45) is 11.8 Å². The number of allylic oxidation sites excluding steroid dienone is 3. The van der Waals surface area contributed by atoms with Crippen molar-refractivity contribution in [2.45, 2.75) is 104 Å². The van der Waals surface area contributed by atoms with Crippen molar-refractivity contribution < 1.29 is 33.1 Å². The van der Waals surface area contributed by atoms with Crippen molar-refractivity contribution in [3.8, 4) is 11.5 Å². The Kier molecular flexibility index (Phi) is 10.4. The highest BCUT2D eigenvalue weighted by molar-refractivity contribution is 7.46. The van der Waals surface area contributed by atoms with Crippen LogP contribution in [0.25, 0.3) is 0 Å². The van der Waals surface area contributed by atoms with Gasteiger partial charge in [-0.2, -0.15) is 0 Å². The van der Waals surface area contributed by atoms with Gasteiger partial charge in [-0.15, -0.1) is 0 Å². The lowest BCUT2D eigenvalue weighted by atomic mass is 9.73. The maximum atomic E-state index is 13.7. The molecule has 0 amide bonds. The Bertz CT molecular complexity index is 1080. The fourth-order valence-electron chi connectivity index (χ4n) is 5.54. The molecule has 0 radical (unpaired) electrons. The van der Waals surface area contributed by atoms with Crippen LogP contribution in [0.2, 0.25) is 0 Å². The summed E-state index contributed by atoms with van der Waals surface area (Å²) in [5.74, 6) is -0.332. The molecule has 1 N–H and O–H groups in total. The van der Waals surface area contributed by atoms with Crippen molar-refractivity contribution in [1.29, 1.82) is 0 Å². The number of esters is 1. The van der Waals surface area contributed by atoms with Gasteiger partial charge in [-0.05, 0) is 94.7 Å². The zero-order valence-corrected chi connectivity index (χ0v) is 24.5. The molecule has 0 spiro atoms. The van der Waals surface area contributed by atoms with Crippen LogP contribution in [-0.2, 0) is 24.8 Å². The molecular weight excluding hydrogens is 503 g/mol. The molecular formula is C30H44O7P-. The maximum Gasteiger partial charge on any atom is 0.344 e. The van der Waals surface area contributed by atoms with E-state index in [2.05, 4.69) is 19.6 Å². The third-order valence-electron chi connectivity index (χ3n) is 7.65. The predicted molar refractivity (Wildman–Crippen MR) is 147 cm³/mol. The highest BCUT2D eigenvalue weighted by Crippen LogP contribution is 2.51. The number of benzene rings is 1. The molecule has 2 aliphatic carbocycles. The standard InChI is InChI=1S/C30H45O7P/c1-7-10-23-18-26(31)28(25-17-22(6)11-12-24(25)21(4)5)27(19-23)36-29(32)30(14-8-9-15-30)37-38(33,34)35-16-13-20(2)3/h17-20,24-25,31H,4,7-16H2,1-3,5-6H3,(H,33,34)/p-1/t24-,25+/m0/s1. The van der Waals surface area contributed by atoms with Crippen molar-refractivity contribution >= 4 is 13.8 Å². The maximum absolute atomic E-state index is 13.7. The van der Waals surface area contributed by atoms with Gasteiger partial charge >= 0.3 is 5.97 Å². The zero-order valence-electron chi connectivity index (χ0n) is 23.6. The van der Waals surface area contributed by atoms with Crippen LogP contribution < -0.4 is 9.63 Å². The van der Waals surface area contributed by atoms with Crippen LogP contribution in [-0.4, -0.2) is 23.3 Å². The lowest BCUT2D eigenvalue weighted by Gasteiger charge is -2.35. The summed E-state index contributed by atoms with van der Waals surface area (Å²) in [6, 6.07) is 3.53. The highest BCUT2D eigenvalue weighted by Gasteiger charge is 2.47. The average Bonchev–Trinajstić information content (AvgIpc) is 3.27. The monoisotopic (exact) mass is 547 g/mol. The summed E-state index contributed by atoms with van der Waals surface area (Å²) in [5, 5.41) is 11.2. The van der Waals surface area contributed by atoms with E-state index in [1.165, 1.54) is 5.57 Å². The molecule has 0 bridgehead atoms. The Morgan fingerprint density at radius 2 is 1.97 bits per heavy atom. The van der Waals surface area contributed by atoms with E-state index in [1.807, 2.05) is 27.7 Å².